The molecule has 1 aromatic carbocycles. The van der Waals surface area contributed by atoms with Crippen molar-refractivity contribution in [3.05, 3.63) is 34.9 Å². The Hall–Kier alpha value is -0.570. The predicted molar refractivity (Wildman–Crippen MR) is 82.5 cm³/mol. The van der Waals surface area contributed by atoms with Crippen molar-refractivity contribution in [3.63, 3.8) is 0 Å². The topological polar surface area (TPSA) is 29.3 Å². The molecule has 0 spiro atoms. The van der Waals surface area contributed by atoms with E-state index in [1.165, 1.54) is 24.8 Å². The lowest BCUT2D eigenvalue weighted by atomic mass is 9.82. The van der Waals surface area contributed by atoms with Crippen molar-refractivity contribution < 1.29 is 0 Å². The van der Waals surface area contributed by atoms with Gasteiger partial charge in [0.25, 0.3) is 0 Å². The molecular weight excluding hydrogens is 256 g/mol. The molecule has 1 aliphatic rings. The van der Waals surface area contributed by atoms with E-state index in [0.29, 0.717) is 18.0 Å². The van der Waals surface area contributed by atoms with Gasteiger partial charge < -0.3 is 5.73 Å². The molecule has 2 rings (SSSR count). The highest BCUT2D eigenvalue weighted by atomic mass is 35.5. The van der Waals surface area contributed by atoms with Crippen LogP contribution in [0.1, 0.15) is 44.7 Å². The summed E-state index contributed by atoms with van der Waals surface area (Å²) < 4.78 is 0. The van der Waals surface area contributed by atoms with Gasteiger partial charge in [0.1, 0.15) is 0 Å². The lowest BCUT2D eigenvalue weighted by Crippen LogP contribution is -2.34. The number of halogens is 1. The number of likely N-dealkylation sites (tertiary alicyclic amines) is 1. The zero-order chi connectivity index (χ0) is 13.9. The van der Waals surface area contributed by atoms with Crippen LogP contribution in [-0.2, 0) is 0 Å². The van der Waals surface area contributed by atoms with Gasteiger partial charge in [-0.1, -0.05) is 37.6 Å². The van der Waals surface area contributed by atoms with Crippen LogP contribution >= 0.6 is 11.6 Å². The number of nitrogens with two attached hydrogens (primary N) is 1. The Morgan fingerprint density at radius 1 is 1.37 bits per heavy atom. The molecule has 1 atom stereocenters. The minimum Gasteiger partial charge on any atom is -0.329 e. The summed E-state index contributed by atoms with van der Waals surface area (Å²) in [6.07, 6.45) is 3.80. The first-order valence-electron chi connectivity index (χ1n) is 7.33. The van der Waals surface area contributed by atoms with Gasteiger partial charge in [0.2, 0.25) is 0 Å². The van der Waals surface area contributed by atoms with Crippen molar-refractivity contribution in [1.82, 2.24) is 4.90 Å². The number of hydrogen-bond acceptors (Lipinski definition) is 2. The van der Waals surface area contributed by atoms with E-state index < -0.39 is 0 Å². The van der Waals surface area contributed by atoms with E-state index in [9.17, 15) is 0 Å². The van der Waals surface area contributed by atoms with E-state index >= 15 is 0 Å². The zero-order valence-electron chi connectivity index (χ0n) is 12.0. The number of rotatable bonds is 5. The molecule has 1 heterocycles. The molecule has 1 saturated heterocycles. The molecule has 1 fully saturated rings. The molecule has 106 valence electrons. The Morgan fingerprint density at radius 2 is 2.11 bits per heavy atom. The maximum atomic E-state index is 6.10. The summed E-state index contributed by atoms with van der Waals surface area (Å²) in [7, 11) is 0. The third-order valence-electron chi connectivity index (χ3n) is 4.87. The normalized spacial score (nSPS) is 20.6. The maximum Gasteiger partial charge on any atom is 0.0471 e. The molecule has 19 heavy (non-hydrogen) atoms. The van der Waals surface area contributed by atoms with Gasteiger partial charge in [-0.05, 0) is 48.9 Å². The molecule has 0 aliphatic carbocycles. The van der Waals surface area contributed by atoms with Gasteiger partial charge in [0, 0.05) is 24.2 Å². The third-order valence-corrected chi connectivity index (χ3v) is 5.10. The maximum absolute atomic E-state index is 6.10. The average Bonchev–Trinajstić information content (AvgIpc) is 2.85. The molecule has 0 saturated carbocycles. The highest BCUT2D eigenvalue weighted by molar-refractivity contribution is 6.30. The number of benzene rings is 1. The first-order valence-corrected chi connectivity index (χ1v) is 7.71. The smallest absolute Gasteiger partial charge is 0.0471 e. The van der Waals surface area contributed by atoms with Crippen molar-refractivity contribution in [1.29, 1.82) is 0 Å². The zero-order valence-corrected chi connectivity index (χ0v) is 12.8. The minimum atomic E-state index is 0.304. The van der Waals surface area contributed by atoms with Crippen LogP contribution < -0.4 is 5.73 Å². The van der Waals surface area contributed by atoms with Crippen LogP contribution in [-0.4, -0.2) is 24.5 Å². The molecule has 0 radical (unpaired) electrons. The Morgan fingerprint density at radius 3 is 2.63 bits per heavy atom. The van der Waals surface area contributed by atoms with Crippen LogP contribution in [0.4, 0.5) is 0 Å². The summed E-state index contributed by atoms with van der Waals surface area (Å²) in [5.41, 5.74) is 7.76. The fraction of sp³-hybridized carbons (Fsp3) is 0.625. The fourth-order valence-corrected chi connectivity index (χ4v) is 3.47. The summed E-state index contributed by atoms with van der Waals surface area (Å²) >= 11 is 6.10. The van der Waals surface area contributed by atoms with Gasteiger partial charge in [-0.15, -0.1) is 0 Å². The second-order valence-corrected chi connectivity index (χ2v) is 6.17. The Labute approximate surface area is 121 Å². The molecule has 0 aromatic heterocycles. The van der Waals surface area contributed by atoms with E-state index in [-0.39, 0.29) is 0 Å². The Bertz CT molecular complexity index is 415. The van der Waals surface area contributed by atoms with E-state index in [0.717, 1.165) is 18.1 Å². The molecule has 3 heteroatoms. The monoisotopic (exact) mass is 280 g/mol. The first-order chi connectivity index (χ1) is 9.14. The number of nitrogens with zero attached hydrogens (tertiary/aromatic N) is 1. The number of hydrogen-bond donors (Lipinski definition) is 1. The molecule has 1 aromatic rings. The third kappa shape index (κ3) is 3.13. The summed E-state index contributed by atoms with van der Waals surface area (Å²) in [4.78, 5) is 2.54. The van der Waals surface area contributed by atoms with Gasteiger partial charge in [0.05, 0.1) is 0 Å². The second-order valence-electron chi connectivity index (χ2n) is 5.73. The highest BCUT2D eigenvalue weighted by Crippen LogP contribution is 2.40. The summed E-state index contributed by atoms with van der Waals surface area (Å²) in [6.45, 7) is 7.59. The van der Waals surface area contributed by atoms with Crippen LogP contribution in [0.2, 0.25) is 5.02 Å². The summed E-state index contributed by atoms with van der Waals surface area (Å²) in [5, 5.41) is 0.799. The van der Waals surface area contributed by atoms with Crippen molar-refractivity contribution in [2.45, 2.75) is 39.2 Å². The summed E-state index contributed by atoms with van der Waals surface area (Å²) in [6, 6.07) is 8.44. The molecule has 0 amide bonds. The van der Waals surface area contributed by atoms with Crippen molar-refractivity contribution >= 4 is 11.6 Å². The molecule has 1 unspecified atom stereocenters. The lowest BCUT2D eigenvalue weighted by Gasteiger charge is -2.31. The van der Waals surface area contributed by atoms with Gasteiger partial charge in [-0.3, -0.25) is 4.90 Å². The van der Waals surface area contributed by atoms with Crippen molar-refractivity contribution in [2.75, 3.05) is 19.6 Å². The molecule has 0 bridgehead atoms. The second kappa shape index (κ2) is 6.25. The van der Waals surface area contributed by atoms with Gasteiger partial charge in [-0.25, -0.2) is 0 Å². The molecular formula is C16H25ClN2. The van der Waals surface area contributed by atoms with E-state index in [1.807, 2.05) is 12.1 Å². The van der Waals surface area contributed by atoms with Gasteiger partial charge in [-0.2, -0.15) is 0 Å². The lowest BCUT2D eigenvalue weighted by molar-refractivity contribution is 0.197. The Kier molecular flexibility index (Phi) is 4.88. The first kappa shape index (κ1) is 14.8. The summed E-state index contributed by atoms with van der Waals surface area (Å²) in [5.74, 6) is 0. The van der Waals surface area contributed by atoms with Crippen LogP contribution in [0.25, 0.3) is 0 Å². The SMILES string of the molecule is CCC1(CC)CCN(C(CN)c2cccc(Cl)c2)C1. The molecule has 2 nitrogen and oxygen atoms in total. The average molecular weight is 281 g/mol. The van der Waals surface area contributed by atoms with Gasteiger partial charge >= 0.3 is 0 Å². The Balaban J connectivity index is 2.16. The largest absolute Gasteiger partial charge is 0.329 e. The fourth-order valence-electron chi connectivity index (χ4n) is 3.27. The molecule has 1 aliphatic heterocycles. The minimum absolute atomic E-state index is 0.304. The quantitative estimate of drug-likeness (QED) is 0.888. The van der Waals surface area contributed by atoms with Crippen LogP contribution in [0, 0.1) is 5.41 Å². The van der Waals surface area contributed by atoms with Crippen LogP contribution in [0.5, 0.6) is 0 Å². The van der Waals surface area contributed by atoms with E-state index in [1.54, 1.807) is 0 Å². The van der Waals surface area contributed by atoms with E-state index in [2.05, 4.69) is 30.9 Å². The van der Waals surface area contributed by atoms with Crippen LogP contribution in [0.15, 0.2) is 24.3 Å². The standard InChI is InChI=1S/C16H25ClN2/c1-3-16(4-2)8-9-19(12-16)15(11-18)13-6-5-7-14(17)10-13/h5-7,10,15H,3-4,8-9,11-12,18H2,1-2H3. The van der Waals surface area contributed by atoms with Gasteiger partial charge in [0.15, 0.2) is 0 Å². The predicted octanol–water partition coefficient (Wildman–Crippen LogP) is 3.85. The van der Waals surface area contributed by atoms with E-state index in [4.69, 9.17) is 17.3 Å². The molecule has 2 N–H and O–H groups in total. The van der Waals surface area contributed by atoms with Crippen molar-refractivity contribution in [2.24, 2.45) is 11.1 Å². The van der Waals surface area contributed by atoms with Crippen LogP contribution in [0.3, 0.4) is 0 Å². The van der Waals surface area contributed by atoms with Crippen molar-refractivity contribution in [3.8, 4) is 0 Å². The highest BCUT2D eigenvalue weighted by Gasteiger charge is 2.37.